The quantitative estimate of drug-likeness (QED) is 0.147. The summed E-state index contributed by atoms with van der Waals surface area (Å²) < 4.78 is 23.3. The van der Waals surface area contributed by atoms with Crippen LogP contribution in [0.4, 0.5) is 11.4 Å². The van der Waals surface area contributed by atoms with E-state index in [0.29, 0.717) is 74.9 Å². The van der Waals surface area contributed by atoms with Gasteiger partial charge in [0.25, 0.3) is 11.5 Å². The molecule has 1 aliphatic rings. The van der Waals surface area contributed by atoms with E-state index in [9.17, 15) is 14.4 Å². The fraction of sp³-hybridized carbons (Fsp3) is 0.407. The molecule has 0 spiro atoms. The van der Waals surface area contributed by atoms with Crippen molar-refractivity contribution in [1.29, 1.82) is 0 Å². The molecule has 1 unspecified atom stereocenters. The molecule has 12 heteroatoms. The molecule has 208 valence electrons. The number of carbonyl (C=O) groups excluding carboxylic acids is 2. The van der Waals surface area contributed by atoms with Crippen molar-refractivity contribution in [3.8, 4) is 5.75 Å². The smallest absolute Gasteiger partial charge is 0.277 e. The largest absolute Gasteiger partial charge is 0.491 e. The van der Waals surface area contributed by atoms with E-state index in [1.165, 1.54) is 0 Å². The Hall–Kier alpha value is -4.00. The average Bonchev–Trinajstić information content (AvgIpc) is 2.93. The van der Waals surface area contributed by atoms with E-state index in [4.69, 9.17) is 24.7 Å². The fourth-order valence-corrected chi connectivity index (χ4v) is 4.07. The summed E-state index contributed by atoms with van der Waals surface area (Å²) in [5, 5.41) is 10.7. The van der Waals surface area contributed by atoms with E-state index in [0.717, 1.165) is 10.4 Å². The summed E-state index contributed by atoms with van der Waals surface area (Å²) in [5.41, 5.74) is 6.56. The Morgan fingerprint density at radius 3 is 2.33 bits per heavy atom. The number of anilines is 2. The molecule has 0 saturated carbocycles. The highest BCUT2D eigenvalue weighted by molar-refractivity contribution is 5.99. The van der Waals surface area contributed by atoms with Crippen LogP contribution in [0.15, 0.2) is 53.5 Å². The molecule has 2 heterocycles. The van der Waals surface area contributed by atoms with Crippen LogP contribution in [-0.2, 0) is 23.8 Å². The zero-order valence-corrected chi connectivity index (χ0v) is 21.6. The van der Waals surface area contributed by atoms with Crippen LogP contribution in [-0.4, -0.2) is 74.4 Å². The van der Waals surface area contributed by atoms with Gasteiger partial charge in [-0.15, -0.1) is 0 Å². The second-order valence-electron chi connectivity index (χ2n) is 8.81. The summed E-state index contributed by atoms with van der Waals surface area (Å²) in [7, 11) is 0. The number of benzene rings is 2. The third kappa shape index (κ3) is 7.99. The number of imide groups is 1. The number of rotatable bonds is 15. The van der Waals surface area contributed by atoms with Gasteiger partial charge in [0, 0.05) is 29.7 Å². The van der Waals surface area contributed by atoms with Gasteiger partial charge in [-0.2, -0.15) is 5.10 Å². The molecule has 2 aromatic carbocycles. The lowest BCUT2D eigenvalue weighted by Gasteiger charge is -2.22. The average molecular weight is 540 g/mol. The number of amides is 2. The zero-order chi connectivity index (χ0) is 27.5. The number of nitrogens with zero attached hydrogens (tertiary/aromatic N) is 2. The molecule has 1 aliphatic heterocycles. The number of aromatic nitrogens is 2. The highest BCUT2D eigenvalue weighted by atomic mass is 16.6. The second kappa shape index (κ2) is 14.2. The normalized spacial score (nSPS) is 15.3. The van der Waals surface area contributed by atoms with Gasteiger partial charge in [-0.3, -0.25) is 19.7 Å². The summed E-state index contributed by atoms with van der Waals surface area (Å²) in [6.45, 7) is 3.54. The molecular weight excluding hydrogens is 506 g/mol. The van der Waals surface area contributed by atoms with Crippen molar-refractivity contribution in [2.75, 3.05) is 63.8 Å². The topological polar surface area (TPSA) is 156 Å². The van der Waals surface area contributed by atoms with Gasteiger partial charge in [0.1, 0.15) is 18.4 Å². The Morgan fingerprint density at radius 1 is 0.923 bits per heavy atom. The monoisotopic (exact) mass is 539 g/mol. The predicted molar refractivity (Wildman–Crippen MR) is 145 cm³/mol. The van der Waals surface area contributed by atoms with Gasteiger partial charge in [0.2, 0.25) is 5.91 Å². The first-order chi connectivity index (χ1) is 19.0. The predicted octanol–water partition coefficient (Wildman–Crippen LogP) is 1.50. The first-order valence-electron chi connectivity index (χ1n) is 12.8. The summed E-state index contributed by atoms with van der Waals surface area (Å²) in [6, 6.07) is 11.8. The molecule has 0 aliphatic carbocycles. The third-order valence-electron chi connectivity index (χ3n) is 6.03. The summed E-state index contributed by atoms with van der Waals surface area (Å²) >= 11 is 0. The first-order valence-corrected chi connectivity index (χ1v) is 12.8. The van der Waals surface area contributed by atoms with Gasteiger partial charge in [0.05, 0.1) is 51.2 Å². The molecule has 0 radical (unpaired) electrons. The minimum atomic E-state index is -0.815. The Balaban J connectivity index is 1.11. The minimum Gasteiger partial charge on any atom is -0.491 e. The SMILES string of the molecule is Nc1ccc(OCCOCCOCCOCCNc2cccc3cnn(C4CCC(=O)NC4=O)c(=O)c23)cc1. The van der Waals surface area contributed by atoms with Gasteiger partial charge in [0.15, 0.2) is 0 Å². The molecule has 4 N–H and O–H groups in total. The van der Waals surface area contributed by atoms with Crippen LogP contribution in [0.5, 0.6) is 5.75 Å². The van der Waals surface area contributed by atoms with Crippen LogP contribution >= 0.6 is 0 Å². The Morgan fingerprint density at radius 2 is 1.62 bits per heavy atom. The Kier molecular flexibility index (Phi) is 10.2. The van der Waals surface area contributed by atoms with Gasteiger partial charge >= 0.3 is 0 Å². The number of hydrogen-bond acceptors (Lipinski definition) is 10. The fourth-order valence-electron chi connectivity index (χ4n) is 4.07. The number of nitrogen functional groups attached to an aromatic ring is 1. The summed E-state index contributed by atoms with van der Waals surface area (Å²) in [5.74, 6) is -0.114. The van der Waals surface area contributed by atoms with Crippen LogP contribution in [0, 0.1) is 0 Å². The van der Waals surface area contributed by atoms with Crippen molar-refractivity contribution in [3.05, 3.63) is 59.0 Å². The Labute approximate surface area is 225 Å². The van der Waals surface area contributed by atoms with Crippen LogP contribution in [0.1, 0.15) is 18.9 Å². The number of hydrogen-bond donors (Lipinski definition) is 3. The van der Waals surface area contributed by atoms with Crippen molar-refractivity contribution in [2.45, 2.75) is 18.9 Å². The van der Waals surface area contributed by atoms with E-state index >= 15 is 0 Å². The van der Waals surface area contributed by atoms with Crippen LogP contribution in [0.25, 0.3) is 10.8 Å². The molecule has 1 saturated heterocycles. The molecule has 1 fully saturated rings. The summed E-state index contributed by atoms with van der Waals surface area (Å²) in [4.78, 5) is 36.9. The standard InChI is InChI=1S/C27H33N5O7/c28-20-4-6-21(7-5-20)39-17-16-38-15-14-37-13-12-36-11-10-29-22-3-1-2-19-18-30-32(27(35)25(19)22)23-8-9-24(33)31-26(23)34/h1-7,18,23,29H,8-17,28H2,(H,31,33,34). The van der Waals surface area contributed by atoms with E-state index < -0.39 is 17.5 Å². The highest BCUT2D eigenvalue weighted by Gasteiger charge is 2.30. The molecule has 4 rings (SSSR count). The lowest BCUT2D eigenvalue weighted by atomic mass is 10.1. The van der Waals surface area contributed by atoms with Crippen molar-refractivity contribution >= 4 is 34.0 Å². The molecule has 0 bridgehead atoms. The maximum Gasteiger partial charge on any atom is 0.277 e. The van der Waals surface area contributed by atoms with E-state index in [2.05, 4.69) is 15.7 Å². The van der Waals surface area contributed by atoms with E-state index in [1.54, 1.807) is 30.5 Å². The van der Waals surface area contributed by atoms with Crippen molar-refractivity contribution < 1.29 is 28.5 Å². The van der Waals surface area contributed by atoms with Crippen LogP contribution < -0.4 is 26.7 Å². The molecule has 1 aromatic heterocycles. The van der Waals surface area contributed by atoms with E-state index in [1.807, 2.05) is 18.2 Å². The minimum absolute atomic E-state index is 0.163. The van der Waals surface area contributed by atoms with Gasteiger partial charge in [-0.25, -0.2) is 4.68 Å². The second-order valence-corrected chi connectivity index (χ2v) is 8.81. The molecule has 1 atom stereocenters. The molecule has 12 nitrogen and oxygen atoms in total. The number of ether oxygens (including phenoxy) is 4. The van der Waals surface area contributed by atoms with Gasteiger partial charge in [-0.05, 0) is 36.8 Å². The molecule has 3 aromatic rings. The van der Waals surface area contributed by atoms with Crippen molar-refractivity contribution in [2.24, 2.45) is 0 Å². The number of piperidine rings is 1. The van der Waals surface area contributed by atoms with Crippen molar-refractivity contribution in [1.82, 2.24) is 15.1 Å². The number of nitrogens with two attached hydrogens (primary N) is 1. The van der Waals surface area contributed by atoms with Gasteiger partial charge < -0.3 is 30.0 Å². The molecular formula is C27H33N5O7. The number of carbonyl (C=O) groups is 2. The molecule has 39 heavy (non-hydrogen) atoms. The van der Waals surface area contributed by atoms with Gasteiger partial charge in [-0.1, -0.05) is 12.1 Å². The first kappa shape index (κ1) is 28.0. The zero-order valence-electron chi connectivity index (χ0n) is 21.6. The maximum atomic E-state index is 13.2. The van der Waals surface area contributed by atoms with Crippen LogP contribution in [0.3, 0.4) is 0 Å². The van der Waals surface area contributed by atoms with Crippen LogP contribution in [0.2, 0.25) is 0 Å². The van der Waals surface area contributed by atoms with E-state index in [-0.39, 0.29) is 18.7 Å². The number of nitrogens with one attached hydrogen (secondary N) is 2. The maximum absolute atomic E-state index is 13.2. The number of fused-ring (bicyclic) bond motifs is 1. The lowest BCUT2D eigenvalue weighted by molar-refractivity contribution is -0.136. The van der Waals surface area contributed by atoms with Crippen molar-refractivity contribution in [3.63, 3.8) is 0 Å². The molecule has 2 amide bonds. The third-order valence-corrected chi connectivity index (χ3v) is 6.03. The highest BCUT2D eigenvalue weighted by Crippen LogP contribution is 2.22. The Bertz CT molecular complexity index is 1310. The lowest BCUT2D eigenvalue weighted by Crippen LogP contribution is -2.45. The summed E-state index contributed by atoms with van der Waals surface area (Å²) in [6.07, 6.45) is 1.95.